The van der Waals surface area contributed by atoms with E-state index in [0.29, 0.717) is 25.2 Å². The van der Waals surface area contributed by atoms with Crippen LogP contribution in [0.4, 0.5) is 0 Å². The molecule has 0 fully saturated rings. The molecule has 0 radical (unpaired) electrons. The van der Waals surface area contributed by atoms with E-state index in [0.717, 1.165) is 14.2 Å². The Morgan fingerprint density at radius 3 is 2.56 bits per heavy atom. The van der Waals surface area contributed by atoms with Gasteiger partial charge in [0.05, 0.1) is 22.6 Å². The van der Waals surface area contributed by atoms with Gasteiger partial charge in [0.2, 0.25) is 0 Å². The monoisotopic (exact) mass is 334 g/mol. The van der Waals surface area contributed by atoms with Crippen LogP contribution in [-0.2, 0) is 20.7 Å². The number of carbonyl (C=O) groups excluding carboxylic acids is 2. The smallest absolute Gasteiger partial charge is 0.340 e. The van der Waals surface area contributed by atoms with Gasteiger partial charge in [0.15, 0.2) is 0 Å². The summed E-state index contributed by atoms with van der Waals surface area (Å²) in [6.45, 7) is 5.70. The van der Waals surface area contributed by atoms with Crippen molar-refractivity contribution in [2.45, 2.75) is 27.2 Å². The van der Waals surface area contributed by atoms with E-state index in [1.807, 2.05) is 6.92 Å². The molecule has 1 aromatic heterocycles. The van der Waals surface area contributed by atoms with Crippen molar-refractivity contribution in [1.29, 1.82) is 0 Å². The fourth-order valence-electron chi connectivity index (χ4n) is 1.49. The molecule has 0 amide bonds. The van der Waals surface area contributed by atoms with E-state index in [-0.39, 0.29) is 11.9 Å². The second kappa shape index (κ2) is 6.89. The van der Waals surface area contributed by atoms with Crippen molar-refractivity contribution < 1.29 is 19.1 Å². The van der Waals surface area contributed by atoms with Crippen LogP contribution in [0, 0.1) is 6.92 Å². The number of hydrogen-bond donors (Lipinski definition) is 0. The third-order valence-corrected chi connectivity index (χ3v) is 4.34. The average molecular weight is 335 g/mol. The summed E-state index contributed by atoms with van der Waals surface area (Å²) in [5.41, 5.74) is 1.46. The van der Waals surface area contributed by atoms with E-state index in [4.69, 9.17) is 9.47 Å². The van der Waals surface area contributed by atoms with Crippen LogP contribution in [0.3, 0.4) is 0 Å². The molecule has 0 aliphatic rings. The Balaban J connectivity index is 2.80. The van der Waals surface area contributed by atoms with E-state index in [1.54, 1.807) is 6.92 Å². The highest BCUT2D eigenvalue weighted by Crippen LogP contribution is 2.33. The maximum atomic E-state index is 11.8. The van der Waals surface area contributed by atoms with E-state index >= 15 is 0 Å². The maximum absolute atomic E-state index is 11.8. The van der Waals surface area contributed by atoms with Crippen molar-refractivity contribution in [3.05, 3.63) is 19.8 Å². The SMILES string of the molecule is CCOC(=O)c1c(Br)sc(CCOC(C)=O)c1C. The van der Waals surface area contributed by atoms with Crippen molar-refractivity contribution in [3.8, 4) is 0 Å². The predicted octanol–water partition coefficient (Wildman–Crippen LogP) is 3.10. The van der Waals surface area contributed by atoms with Gasteiger partial charge in [-0.15, -0.1) is 11.3 Å². The van der Waals surface area contributed by atoms with E-state index < -0.39 is 0 Å². The van der Waals surface area contributed by atoms with E-state index in [9.17, 15) is 9.59 Å². The molecule has 0 aliphatic carbocycles. The van der Waals surface area contributed by atoms with Gasteiger partial charge < -0.3 is 9.47 Å². The normalized spacial score (nSPS) is 10.2. The summed E-state index contributed by atoms with van der Waals surface area (Å²) in [4.78, 5) is 23.5. The fourth-order valence-corrected chi connectivity index (χ4v) is 3.53. The number of ether oxygens (including phenoxy) is 2. The minimum atomic E-state index is -0.322. The Kier molecular flexibility index (Phi) is 5.81. The van der Waals surface area contributed by atoms with E-state index in [2.05, 4.69) is 15.9 Å². The average Bonchev–Trinajstić information content (AvgIpc) is 2.54. The molecule has 0 bridgehead atoms. The Morgan fingerprint density at radius 1 is 1.33 bits per heavy atom. The van der Waals surface area contributed by atoms with Crippen LogP contribution in [0.2, 0.25) is 0 Å². The molecular formula is C12H15BrO4S. The van der Waals surface area contributed by atoms with Gasteiger partial charge in [-0.05, 0) is 35.3 Å². The number of rotatable bonds is 5. The summed E-state index contributed by atoms with van der Waals surface area (Å²) in [6, 6.07) is 0. The van der Waals surface area contributed by atoms with Gasteiger partial charge in [0.25, 0.3) is 0 Å². The first-order chi connectivity index (χ1) is 8.47. The molecule has 0 unspecified atom stereocenters. The minimum Gasteiger partial charge on any atom is -0.465 e. The molecular weight excluding hydrogens is 320 g/mol. The zero-order valence-electron chi connectivity index (χ0n) is 10.5. The summed E-state index contributed by atoms with van der Waals surface area (Å²) < 4.78 is 10.7. The molecule has 4 nitrogen and oxygen atoms in total. The van der Waals surface area contributed by atoms with Gasteiger partial charge >= 0.3 is 11.9 Å². The quantitative estimate of drug-likeness (QED) is 0.776. The van der Waals surface area contributed by atoms with Crippen LogP contribution in [0.25, 0.3) is 0 Å². The minimum absolute atomic E-state index is 0.297. The third-order valence-electron chi connectivity index (χ3n) is 2.32. The van der Waals surface area contributed by atoms with Gasteiger partial charge in [-0.3, -0.25) is 4.79 Å². The maximum Gasteiger partial charge on any atom is 0.340 e. The molecule has 0 spiro atoms. The Morgan fingerprint density at radius 2 is 2.00 bits per heavy atom. The number of halogens is 1. The predicted molar refractivity (Wildman–Crippen MR) is 73.0 cm³/mol. The summed E-state index contributed by atoms with van der Waals surface area (Å²) in [7, 11) is 0. The molecule has 6 heteroatoms. The molecule has 0 saturated heterocycles. The van der Waals surface area contributed by atoms with Crippen molar-refractivity contribution in [2.75, 3.05) is 13.2 Å². The van der Waals surface area contributed by atoms with Crippen LogP contribution in [0.15, 0.2) is 3.79 Å². The lowest BCUT2D eigenvalue weighted by molar-refractivity contribution is -0.140. The lowest BCUT2D eigenvalue weighted by atomic mass is 10.1. The fraction of sp³-hybridized carbons (Fsp3) is 0.500. The molecule has 0 aliphatic heterocycles. The number of carbonyl (C=O) groups is 2. The zero-order chi connectivity index (χ0) is 13.7. The van der Waals surface area contributed by atoms with Gasteiger partial charge in [0, 0.05) is 18.2 Å². The molecule has 0 aromatic carbocycles. The van der Waals surface area contributed by atoms with Crippen molar-refractivity contribution in [2.24, 2.45) is 0 Å². The Bertz CT molecular complexity index is 453. The van der Waals surface area contributed by atoms with Gasteiger partial charge in [0.1, 0.15) is 0 Å². The van der Waals surface area contributed by atoms with Gasteiger partial charge in [-0.2, -0.15) is 0 Å². The van der Waals surface area contributed by atoms with Crippen molar-refractivity contribution >= 4 is 39.2 Å². The molecule has 0 saturated carbocycles. The van der Waals surface area contributed by atoms with Crippen molar-refractivity contribution in [3.63, 3.8) is 0 Å². The lowest BCUT2D eigenvalue weighted by Gasteiger charge is -2.03. The summed E-state index contributed by atoms with van der Waals surface area (Å²) >= 11 is 4.84. The summed E-state index contributed by atoms with van der Waals surface area (Å²) in [6.07, 6.45) is 0.605. The molecule has 18 heavy (non-hydrogen) atoms. The first kappa shape index (κ1) is 15.2. The lowest BCUT2D eigenvalue weighted by Crippen LogP contribution is -2.07. The largest absolute Gasteiger partial charge is 0.465 e. The third kappa shape index (κ3) is 3.81. The first-order valence-corrected chi connectivity index (χ1v) is 7.16. The second-order valence-electron chi connectivity index (χ2n) is 3.61. The summed E-state index contributed by atoms with van der Waals surface area (Å²) in [5, 5.41) is 0. The Hall–Kier alpha value is -0.880. The van der Waals surface area contributed by atoms with Crippen LogP contribution in [0.5, 0.6) is 0 Å². The van der Waals surface area contributed by atoms with E-state index in [1.165, 1.54) is 18.3 Å². The number of thiophene rings is 1. The molecule has 0 N–H and O–H groups in total. The number of esters is 2. The van der Waals surface area contributed by atoms with Crippen LogP contribution in [0.1, 0.15) is 34.6 Å². The van der Waals surface area contributed by atoms with Gasteiger partial charge in [-0.25, -0.2) is 4.79 Å². The molecule has 0 atom stereocenters. The second-order valence-corrected chi connectivity index (χ2v) is 6.03. The van der Waals surface area contributed by atoms with Crippen LogP contribution < -0.4 is 0 Å². The highest BCUT2D eigenvalue weighted by Gasteiger charge is 2.20. The highest BCUT2D eigenvalue weighted by molar-refractivity contribution is 9.11. The molecule has 100 valence electrons. The van der Waals surface area contributed by atoms with Crippen LogP contribution in [-0.4, -0.2) is 25.2 Å². The first-order valence-electron chi connectivity index (χ1n) is 5.55. The standard InChI is InChI=1S/C12H15BrO4S/c1-4-16-12(15)10-7(2)9(18-11(10)13)5-6-17-8(3)14/h4-6H2,1-3H3. The Labute approximate surface area is 118 Å². The molecule has 1 rings (SSSR count). The van der Waals surface area contributed by atoms with Crippen LogP contribution >= 0.6 is 27.3 Å². The number of hydrogen-bond acceptors (Lipinski definition) is 5. The van der Waals surface area contributed by atoms with Crippen molar-refractivity contribution in [1.82, 2.24) is 0 Å². The highest BCUT2D eigenvalue weighted by atomic mass is 79.9. The zero-order valence-corrected chi connectivity index (χ0v) is 12.9. The topological polar surface area (TPSA) is 52.6 Å². The molecule has 1 aromatic rings. The molecule has 1 heterocycles. The summed E-state index contributed by atoms with van der Waals surface area (Å²) in [5.74, 6) is -0.620. The van der Waals surface area contributed by atoms with Gasteiger partial charge in [-0.1, -0.05) is 0 Å².